The largest absolute Gasteiger partial charge is 0.493 e. The van der Waals surface area contributed by atoms with Gasteiger partial charge < -0.3 is 33.9 Å². The van der Waals surface area contributed by atoms with Crippen molar-refractivity contribution >= 4 is 36.3 Å². The summed E-state index contributed by atoms with van der Waals surface area (Å²) < 4.78 is 54.9. The van der Waals surface area contributed by atoms with Crippen molar-refractivity contribution in [2.75, 3.05) is 56.9 Å². The number of carbonyl (C=O) groups is 1. The fourth-order valence-corrected chi connectivity index (χ4v) is 4.73. The molecule has 2 aliphatic heterocycles. The van der Waals surface area contributed by atoms with Crippen molar-refractivity contribution in [1.29, 1.82) is 0 Å². The van der Waals surface area contributed by atoms with Crippen LogP contribution in [0.1, 0.15) is 18.2 Å². The first kappa shape index (κ1) is 29.6. The van der Waals surface area contributed by atoms with Gasteiger partial charge in [0.25, 0.3) is 0 Å². The molecule has 2 aromatic heterocycles. The van der Waals surface area contributed by atoms with Crippen LogP contribution in [0.15, 0.2) is 18.3 Å². The molecule has 218 valence electrons. The number of ether oxygens (including phenoxy) is 3. The van der Waals surface area contributed by atoms with Crippen LogP contribution in [0.5, 0.6) is 11.5 Å². The average Bonchev–Trinajstić information content (AvgIpc) is 3.31. The molecule has 1 saturated heterocycles. The Balaban J connectivity index is 0.000000681. The number of benzene rings is 1. The standard InChI is InChI=1S/C24H27F2N5O4.H3O4P/c1-4-30-21-14(11-27-23-16(21)9-15(28-23)13-29-5-7-35-8-6-29)12-31(24(30)32)22-19(25)17(33-2)10-18(34-3)20(22)26;1-5(2,3)4/h9-11H,4-8,12-13H2,1-3H3,(H,27,28);(H3,1,2,3,4). The lowest BCUT2D eigenvalue weighted by Gasteiger charge is -2.37. The number of aromatic amines is 1. The van der Waals surface area contributed by atoms with Gasteiger partial charge in [-0.1, -0.05) is 0 Å². The Labute approximate surface area is 228 Å². The number of methoxy groups -OCH3 is 2. The summed E-state index contributed by atoms with van der Waals surface area (Å²) in [5.74, 6) is -2.37. The van der Waals surface area contributed by atoms with E-state index in [0.717, 1.165) is 35.1 Å². The number of urea groups is 1. The van der Waals surface area contributed by atoms with Crippen molar-refractivity contribution in [3.63, 3.8) is 0 Å². The number of rotatable bonds is 6. The number of anilines is 2. The first-order valence-electron chi connectivity index (χ1n) is 12.2. The monoisotopic (exact) mass is 585 g/mol. The smallest absolute Gasteiger partial charge is 0.466 e. The number of fused-ring (bicyclic) bond motifs is 3. The first-order chi connectivity index (χ1) is 19.0. The van der Waals surface area contributed by atoms with Gasteiger partial charge in [-0.05, 0) is 13.0 Å². The van der Waals surface area contributed by atoms with Gasteiger partial charge in [0.05, 0.1) is 39.7 Å². The minimum Gasteiger partial charge on any atom is -0.493 e. The van der Waals surface area contributed by atoms with E-state index >= 15 is 8.78 Å². The summed E-state index contributed by atoms with van der Waals surface area (Å²) in [7, 11) is -2.10. The number of nitrogens with zero attached hydrogens (tertiary/aromatic N) is 4. The van der Waals surface area contributed by atoms with Crippen molar-refractivity contribution in [3.05, 3.63) is 41.2 Å². The number of hydrogen-bond acceptors (Lipinski definition) is 7. The van der Waals surface area contributed by atoms with Crippen LogP contribution in [-0.4, -0.2) is 82.6 Å². The van der Waals surface area contributed by atoms with Crippen LogP contribution in [0, 0.1) is 11.6 Å². The van der Waals surface area contributed by atoms with E-state index in [1.807, 2.05) is 13.0 Å². The van der Waals surface area contributed by atoms with Gasteiger partial charge in [0.1, 0.15) is 11.3 Å². The van der Waals surface area contributed by atoms with Crippen LogP contribution in [0.25, 0.3) is 11.0 Å². The molecule has 0 aliphatic carbocycles. The van der Waals surface area contributed by atoms with Crippen molar-refractivity contribution in [3.8, 4) is 11.5 Å². The SMILES string of the molecule is CCN1C(=O)N(c2c(F)c(OC)cc(OC)c2F)Cc2cnc3[nH]c(CN4CCOCC4)cc3c21.O=P(O)(O)O. The highest BCUT2D eigenvalue weighted by molar-refractivity contribution is 7.45. The zero-order valence-electron chi connectivity index (χ0n) is 22.1. The lowest BCUT2D eigenvalue weighted by atomic mass is 10.1. The number of amides is 2. The van der Waals surface area contributed by atoms with Crippen LogP contribution in [0.2, 0.25) is 0 Å². The molecule has 2 aliphatic rings. The van der Waals surface area contributed by atoms with Gasteiger partial charge in [0.2, 0.25) is 0 Å². The van der Waals surface area contributed by atoms with Gasteiger partial charge in [-0.15, -0.1) is 0 Å². The Hall–Kier alpha value is -3.33. The van der Waals surface area contributed by atoms with E-state index in [0.29, 0.717) is 43.2 Å². The quantitative estimate of drug-likeness (QED) is 0.317. The lowest BCUT2D eigenvalue weighted by Crippen LogP contribution is -2.48. The van der Waals surface area contributed by atoms with Crippen molar-refractivity contribution in [2.24, 2.45) is 0 Å². The summed E-state index contributed by atoms with van der Waals surface area (Å²) in [5.41, 5.74) is 2.49. The Kier molecular flexibility index (Phi) is 8.93. The number of nitrogens with one attached hydrogen (secondary N) is 1. The molecule has 1 fully saturated rings. The maximum Gasteiger partial charge on any atom is 0.466 e. The van der Waals surface area contributed by atoms with Crippen molar-refractivity contribution in [2.45, 2.75) is 20.0 Å². The van der Waals surface area contributed by atoms with E-state index in [1.165, 1.54) is 19.1 Å². The fraction of sp³-hybridized carbons (Fsp3) is 0.417. The second-order valence-electron chi connectivity index (χ2n) is 8.96. The van der Waals surface area contributed by atoms with E-state index in [1.54, 1.807) is 6.20 Å². The molecule has 4 N–H and O–H groups in total. The normalized spacial score (nSPS) is 16.1. The maximum absolute atomic E-state index is 15.2. The van der Waals surface area contributed by atoms with Gasteiger partial charge in [-0.2, -0.15) is 0 Å². The number of aromatic nitrogens is 2. The summed E-state index contributed by atoms with van der Waals surface area (Å²) in [6.07, 6.45) is 1.64. The van der Waals surface area contributed by atoms with Crippen LogP contribution in [0.3, 0.4) is 0 Å². The number of H-pyrrole nitrogens is 1. The molecule has 16 heteroatoms. The van der Waals surface area contributed by atoms with E-state index in [9.17, 15) is 4.79 Å². The zero-order chi connectivity index (χ0) is 29.2. The number of hydrogen-bond donors (Lipinski definition) is 4. The summed E-state index contributed by atoms with van der Waals surface area (Å²) >= 11 is 0. The third-order valence-electron chi connectivity index (χ3n) is 6.46. The van der Waals surface area contributed by atoms with Gasteiger partial charge in [0, 0.05) is 55.1 Å². The molecule has 1 aromatic carbocycles. The molecule has 2 amide bonds. The van der Waals surface area contributed by atoms with Gasteiger partial charge >= 0.3 is 13.9 Å². The summed E-state index contributed by atoms with van der Waals surface area (Å²) in [6, 6.07) is 2.57. The number of pyridine rings is 1. The van der Waals surface area contributed by atoms with Crippen LogP contribution >= 0.6 is 7.82 Å². The summed E-state index contributed by atoms with van der Waals surface area (Å²) in [6.45, 7) is 5.86. The number of morpholine rings is 1. The molecule has 13 nitrogen and oxygen atoms in total. The van der Waals surface area contributed by atoms with Crippen molar-refractivity contribution < 1.29 is 47.0 Å². The summed E-state index contributed by atoms with van der Waals surface area (Å²) in [4.78, 5) is 47.9. The van der Waals surface area contributed by atoms with Crippen LogP contribution in [-0.2, 0) is 22.4 Å². The molecule has 0 radical (unpaired) electrons. The molecular formula is C24H30F2N5O8P. The van der Waals surface area contributed by atoms with Crippen molar-refractivity contribution in [1.82, 2.24) is 14.9 Å². The number of phosphoric acid groups is 1. The van der Waals surface area contributed by atoms with Crippen LogP contribution in [0.4, 0.5) is 25.0 Å². The molecule has 0 saturated carbocycles. The molecule has 3 aromatic rings. The highest BCUT2D eigenvalue weighted by Gasteiger charge is 2.37. The van der Waals surface area contributed by atoms with Crippen LogP contribution < -0.4 is 19.3 Å². The molecule has 4 heterocycles. The molecule has 0 atom stereocenters. The van der Waals surface area contributed by atoms with E-state index in [2.05, 4.69) is 14.9 Å². The topological polar surface area (TPSA) is 161 Å². The second kappa shape index (κ2) is 12.0. The Bertz CT molecular complexity index is 1410. The zero-order valence-corrected chi connectivity index (χ0v) is 23.0. The highest BCUT2D eigenvalue weighted by Crippen LogP contribution is 2.42. The minimum absolute atomic E-state index is 0.0538. The Morgan fingerprint density at radius 1 is 1.07 bits per heavy atom. The third kappa shape index (κ3) is 6.19. The molecule has 0 unspecified atom stereocenters. The van der Waals surface area contributed by atoms with Gasteiger partial charge in [-0.25, -0.2) is 23.1 Å². The Morgan fingerprint density at radius 2 is 1.68 bits per heavy atom. The minimum atomic E-state index is -4.64. The van der Waals surface area contributed by atoms with Gasteiger partial charge in [-0.3, -0.25) is 14.7 Å². The fourth-order valence-electron chi connectivity index (χ4n) is 4.73. The molecule has 5 rings (SSSR count). The second-order valence-corrected chi connectivity index (χ2v) is 9.99. The van der Waals surface area contributed by atoms with E-state index in [4.69, 9.17) is 33.5 Å². The predicted molar refractivity (Wildman–Crippen MR) is 141 cm³/mol. The maximum atomic E-state index is 15.2. The van der Waals surface area contributed by atoms with Gasteiger partial charge in [0.15, 0.2) is 23.1 Å². The Morgan fingerprint density at radius 3 is 2.23 bits per heavy atom. The number of carbonyl (C=O) groups excluding carboxylic acids is 1. The van der Waals surface area contributed by atoms with E-state index in [-0.39, 0.29) is 18.0 Å². The average molecular weight is 586 g/mol. The first-order valence-corrected chi connectivity index (χ1v) is 13.8. The van der Waals surface area contributed by atoms with E-state index < -0.39 is 31.2 Å². The molecule has 40 heavy (non-hydrogen) atoms. The predicted octanol–water partition coefficient (Wildman–Crippen LogP) is 2.73. The molecule has 0 spiro atoms. The molecular weight excluding hydrogens is 555 g/mol. The number of halogens is 2. The third-order valence-corrected chi connectivity index (χ3v) is 6.46. The summed E-state index contributed by atoms with van der Waals surface area (Å²) in [5, 5.41) is 0.796. The highest BCUT2D eigenvalue weighted by atomic mass is 31.2. The lowest BCUT2D eigenvalue weighted by molar-refractivity contribution is 0.0337. The molecule has 0 bridgehead atoms.